The van der Waals surface area contributed by atoms with Gasteiger partial charge in [-0.25, -0.2) is 8.42 Å². The summed E-state index contributed by atoms with van der Waals surface area (Å²) in [6.45, 7) is 4.72. The van der Waals surface area contributed by atoms with Gasteiger partial charge in [-0.1, -0.05) is 20.8 Å². The average molecular weight is 568 g/mol. The van der Waals surface area contributed by atoms with E-state index in [0.29, 0.717) is 23.1 Å². The van der Waals surface area contributed by atoms with Gasteiger partial charge < -0.3 is 9.84 Å². The van der Waals surface area contributed by atoms with E-state index in [1.165, 1.54) is 6.92 Å². The van der Waals surface area contributed by atoms with Crippen LogP contribution in [0.25, 0.3) is 0 Å². The van der Waals surface area contributed by atoms with Crippen molar-refractivity contribution < 1.29 is 57.8 Å². The highest BCUT2D eigenvalue weighted by Gasteiger charge is 2.71. The Labute approximate surface area is 205 Å². The number of nitrogens with zero attached hydrogens (tertiary/aromatic N) is 1. The summed E-state index contributed by atoms with van der Waals surface area (Å²) in [6, 6.07) is 0. The fourth-order valence-corrected chi connectivity index (χ4v) is 6.63. The van der Waals surface area contributed by atoms with Crippen molar-refractivity contribution >= 4 is 10.0 Å². The summed E-state index contributed by atoms with van der Waals surface area (Å²) in [6.07, 6.45) is -15.9. The smallest absolute Gasteiger partial charge is 0.374 e. The minimum atomic E-state index is -5.69. The fourth-order valence-electron chi connectivity index (χ4n) is 5.12. The number of aliphatic hydroxyl groups is 1. The van der Waals surface area contributed by atoms with Crippen LogP contribution in [0, 0.1) is 29.6 Å². The maximum Gasteiger partial charge on any atom is 0.426 e. The van der Waals surface area contributed by atoms with Crippen molar-refractivity contribution in [2.75, 3.05) is 20.4 Å². The second-order valence-corrected chi connectivity index (χ2v) is 12.2. The SMILES string of the molecule is CC1C2CC(CC(O)(C(F)(F)F)C(F)(F)F)C(C2)C1C.CCC(C)S(=O)(=O)N(COC)CC(F)(F)F. The standard InChI is InChI=1S/C13H18F6O.C8H16F3NO3S/c1-6-7(2)10-4-8(6)3-9(10)5-11(20,12(14,15)16)13(17,18)19;1-4-7(2)16(13,14)12(6-15-3)5-8(9,10)11/h6-10,20H,3-5H2,1-2H3;7H,4-6H2,1-3H3. The van der Waals surface area contributed by atoms with Crippen molar-refractivity contribution in [3.63, 3.8) is 0 Å². The van der Waals surface area contributed by atoms with Crippen LogP contribution in [0.15, 0.2) is 0 Å². The molecule has 2 saturated carbocycles. The molecular formula is C21H34F9NO4S. The van der Waals surface area contributed by atoms with E-state index < -0.39 is 65.0 Å². The van der Waals surface area contributed by atoms with Crippen LogP contribution in [0.3, 0.4) is 0 Å². The van der Waals surface area contributed by atoms with Crippen molar-refractivity contribution in [1.82, 2.24) is 4.31 Å². The molecule has 0 aromatic heterocycles. The second kappa shape index (κ2) is 11.5. The molecule has 2 aliphatic carbocycles. The van der Waals surface area contributed by atoms with Crippen molar-refractivity contribution in [3.05, 3.63) is 0 Å². The maximum atomic E-state index is 12.7. The number of rotatable bonds is 8. The lowest BCUT2D eigenvalue weighted by atomic mass is 9.72. The zero-order valence-corrected chi connectivity index (χ0v) is 21.5. The van der Waals surface area contributed by atoms with Gasteiger partial charge in [-0.05, 0) is 62.2 Å². The van der Waals surface area contributed by atoms with E-state index >= 15 is 0 Å². The minimum Gasteiger partial charge on any atom is -0.374 e. The van der Waals surface area contributed by atoms with Gasteiger partial charge in [-0.15, -0.1) is 0 Å². The molecule has 2 fully saturated rings. The molecule has 0 saturated heterocycles. The Morgan fingerprint density at radius 3 is 1.81 bits per heavy atom. The number of sulfonamides is 1. The topological polar surface area (TPSA) is 66.8 Å². The van der Waals surface area contributed by atoms with Crippen molar-refractivity contribution in [1.29, 1.82) is 0 Å². The molecule has 2 bridgehead atoms. The summed E-state index contributed by atoms with van der Waals surface area (Å²) in [5.41, 5.74) is -4.59. The van der Waals surface area contributed by atoms with Crippen molar-refractivity contribution in [3.8, 4) is 0 Å². The number of hydrogen-bond acceptors (Lipinski definition) is 4. The normalized spacial score (nSPS) is 28.3. The van der Waals surface area contributed by atoms with E-state index in [1.807, 2.05) is 13.8 Å². The lowest BCUT2D eigenvalue weighted by Gasteiger charge is -2.39. The van der Waals surface area contributed by atoms with Gasteiger partial charge in [0.15, 0.2) is 0 Å². The molecule has 0 aliphatic heterocycles. The molecule has 0 spiro atoms. The average Bonchev–Trinajstić information content (AvgIpc) is 3.23. The van der Waals surface area contributed by atoms with E-state index in [9.17, 15) is 53.0 Å². The summed E-state index contributed by atoms with van der Waals surface area (Å²) in [5.74, 6) is -0.220. The van der Waals surface area contributed by atoms with E-state index in [4.69, 9.17) is 0 Å². The van der Waals surface area contributed by atoms with Gasteiger partial charge in [0.1, 0.15) is 13.3 Å². The first-order valence-corrected chi connectivity index (χ1v) is 12.9. The largest absolute Gasteiger partial charge is 0.426 e. The number of methoxy groups -OCH3 is 1. The van der Waals surface area contributed by atoms with E-state index in [-0.39, 0.29) is 24.2 Å². The first-order valence-electron chi connectivity index (χ1n) is 11.4. The second-order valence-electron chi connectivity index (χ2n) is 9.84. The summed E-state index contributed by atoms with van der Waals surface area (Å²) < 4.78 is 141. The lowest BCUT2D eigenvalue weighted by molar-refractivity contribution is -0.373. The third kappa shape index (κ3) is 7.40. The summed E-state index contributed by atoms with van der Waals surface area (Å²) in [5, 5.41) is 8.42. The van der Waals surface area contributed by atoms with Crippen LogP contribution in [0.4, 0.5) is 39.5 Å². The Morgan fingerprint density at radius 1 is 0.972 bits per heavy atom. The predicted molar refractivity (Wildman–Crippen MR) is 113 cm³/mol. The minimum absolute atomic E-state index is 0.115. The third-order valence-corrected chi connectivity index (χ3v) is 9.91. The van der Waals surface area contributed by atoms with Gasteiger partial charge in [0.2, 0.25) is 10.0 Å². The molecule has 0 heterocycles. The quantitative estimate of drug-likeness (QED) is 0.300. The number of fused-ring (bicyclic) bond motifs is 2. The van der Waals surface area contributed by atoms with Crippen LogP contribution in [0.1, 0.15) is 53.4 Å². The Bertz CT molecular complexity index is 798. The molecule has 0 aromatic rings. The summed E-state index contributed by atoms with van der Waals surface area (Å²) >= 11 is 0. The zero-order valence-electron chi connectivity index (χ0n) is 20.6. The highest BCUT2D eigenvalue weighted by atomic mass is 32.2. The van der Waals surface area contributed by atoms with Crippen molar-refractivity contribution in [2.45, 2.75) is 82.8 Å². The monoisotopic (exact) mass is 567 g/mol. The fraction of sp³-hybridized carbons (Fsp3) is 1.00. The highest BCUT2D eigenvalue weighted by molar-refractivity contribution is 7.89. The molecule has 0 radical (unpaired) electrons. The van der Waals surface area contributed by atoms with E-state index in [2.05, 4.69) is 4.74 Å². The van der Waals surface area contributed by atoms with Crippen LogP contribution in [0.5, 0.6) is 0 Å². The van der Waals surface area contributed by atoms with Gasteiger partial charge in [-0.3, -0.25) is 0 Å². The first kappa shape index (κ1) is 33.2. The molecule has 2 rings (SSSR count). The van der Waals surface area contributed by atoms with Crippen LogP contribution < -0.4 is 0 Å². The molecule has 0 amide bonds. The molecule has 1 N–H and O–H groups in total. The molecule has 15 heteroatoms. The molecular weight excluding hydrogens is 533 g/mol. The third-order valence-electron chi connectivity index (χ3n) is 7.60. The van der Waals surface area contributed by atoms with Crippen molar-refractivity contribution in [2.24, 2.45) is 29.6 Å². The molecule has 5 nitrogen and oxygen atoms in total. The van der Waals surface area contributed by atoms with E-state index in [0.717, 1.165) is 7.11 Å². The summed E-state index contributed by atoms with van der Waals surface area (Å²) in [7, 11) is -2.81. The maximum absolute atomic E-state index is 12.7. The van der Waals surface area contributed by atoms with Gasteiger partial charge in [0, 0.05) is 7.11 Å². The van der Waals surface area contributed by atoms with Crippen LogP contribution in [-0.2, 0) is 14.8 Å². The molecule has 36 heavy (non-hydrogen) atoms. The summed E-state index contributed by atoms with van der Waals surface area (Å²) in [4.78, 5) is 0. The van der Waals surface area contributed by atoms with Gasteiger partial charge >= 0.3 is 18.5 Å². The first-order chi connectivity index (χ1) is 16.0. The highest BCUT2D eigenvalue weighted by Crippen LogP contribution is 2.59. The van der Waals surface area contributed by atoms with E-state index in [1.54, 1.807) is 6.92 Å². The number of alkyl halides is 9. The Balaban J connectivity index is 0.000000371. The predicted octanol–water partition coefficient (Wildman–Crippen LogP) is 5.74. The Morgan fingerprint density at radius 2 is 1.47 bits per heavy atom. The molecule has 2 aliphatic rings. The number of ether oxygens (including phenoxy) is 1. The molecule has 0 aromatic carbocycles. The van der Waals surface area contributed by atoms with Crippen LogP contribution in [-0.4, -0.2) is 67.6 Å². The zero-order chi connectivity index (χ0) is 28.5. The molecule has 6 atom stereocenters. The Kier molecular flexibility index (Phi) is 10.6. The molecule has 6 unspecified atom stereocenters. The van der Waals surface area contributed by atoms with Gasteiger partial charge in [0.25, 0.3) is 5.60 Å². The lowest BCUT2D eigenvalue weighted by Crippen LogP contribution is -2.58. The number of halogens is 9. The number of hydrogen-bond donors (Lipinski definition) is 1. The van der Waals surface area contributed by atoms with Crippen LogP contribution in [0.2, 0.25) is 0 Å². The van der Waals surface area contributed by atoms with Gasteiger partial charge in [-0.2, -0.15) is 43.8 Å². The molecule has 216 valence electrons. The Hall–Kier alpha value is -0.800. The van der Waals surface area contributed by atoms with Gasteiger partial charge in [0.05, 0.1) is 5.25 Å². The van der Waals surface area contributed by atoms with Crippen LogP contribution >= 0.6 is 0 Å².